The minimum Gasteiger partial charge on any atom is -0.454 e. The van der Waals surface area contributed by atoms with E-state index < -0.39 is 36.7 Å². The number of rotatable bonds is 5. The van der Waals surface area contributed by atoms with Gasteiger partial charge in [-0.05, 0) is 12.5 Å². The topological polar surface area (TPSA) is 74.2 Å². The van der Waals surface area contributed by atoms with Gasteiger partial charge < -0.3 is 24.1 Å². The summed E-state index contributed by atoms with van der Waals surface area (Å²) >= 11 is 0. The first-order valence-corrected chi connectivity index (χ1v) is 7.22. The van der Waals surface area contributed by atoms with E-state index in [2.05, 4.69) is 0 Å². The van der Waals surface area contributed by atoms with E-state index in [0.29, 0.717) is 6.61 Å². The molecule has 0 amide bonds. The van der Waals surface area contributed by atoms with Crippen LogP contribution in [0.25, 0.3) is 0 Å². The number of carbonyl (C=O) groups excluding carboxylic acids is 1. The van der Waals surface area contributed by atoms with Crippen LogP contribution < -0.4 is 0 Å². The van der Waals surface area contributed by atoms with E-state index in [1.807, 2.05) is 30.3 Å². The van der Waals surface area contributed by atoms with E-state index in [1.54, 1.807) is 6.92 Å². The summed E-state index contributed by atoms with van der Waals surface area (Å²) in [7, 11) is 1.44. The molecule has 1 aliphatic heterocycles. The van der Waals surface area contributed by atoms with Crippen LogP contribution in [-0.2, 0) is 30.3 Å². The molecule has 5 atom stereocenters. The molecule has 0 aromatic heterocycles. The summed E-state index contributed by atoms with van der Waals surface area (Å²) in [6, 6.07) is 9.62. The lowest BCUT2D eigenvalue weighted by molar-refractivity contribution is -0.298. The molecule has 0 saturated carbocycles. The number of aliphatic hydroxyl groups excluding tert-OH is 1. The molecule has 6 nitrogen and oxygen atoms in total. The monoisotopic (exact) mass is 310 g/mol. The summed E-state index contributed by atoms with van der Waals surface area (Å²) in [6.45, 7) is 3.40. The Hall–Kier alpha value is -1.47. The Morgan fingerprint density at radius 1 is 1.27 bits per heavy atom. The zero-order valence-electron chi connectivity index (χ0n) is 13.0. The highest BCUT2D eigenvalue weighted by Gasteiger charge is 2.46. The molecule has 1 aliphatic rings. The summed E-state index contributed by atoms with van der Waals surface area (Å²) < 4.78 is 21.7. The zero-order valence-corrected chi connectivity index (χ0v) is 13.0. The second-order valence-corrected chi connectivity index (χ2v) is 5.27. The molecule has 0 spiro atoms. The number of hydrogen-bond donors (Lipinski definition) is 1. The van der Waals surface area contributed by atoms with Crippen LogP contribution in [0, 0.1) is 0 Å². The number of esters is 1. The SMILES string of the molecule is CO[C@@H]1O[C@@H](C)[C@H](OCc2ccccc2)[C@@H](O)[C@H]1OC(C)=O. The lowest BCUT2D eigenvalue weighted by Crippen LogP contribution is -2.59. The fraction of sp³-hybridized carbons (Fsp3) is 0.562. The van der Waals surface area contributed by atoms with Gasteiger partial charge in [0.05, 0.1) is 12.7 Å². The molecule has 0 bridgehead atoms. The lowest BCUT2D eigenvalue weighted by Gasteiger charge is -2.42. The van der Waals surface area contributed by atoms with Crippen molar-refractivity contribution in [2.45, 2.75) is 51.2 Å². The van der Waals surface area contributed by atoms with E-state index in [-0.39, 0.29) is 0 Å². The van der Waals surface area contributed by atoms with Crippen LogP contribution in [0.15, 0.2) is 30.3 Å². The van der Waals surface area contributed by atoms with Gasteiger partial charge >= 0.3 is 5.97 Å². The second-order valence-electron chi connectivity index (χ2n) is 5.27. The molecule has 1 fully saturated rings. The van der Waals surface area contributed by atoms with Gasteiger partial charge in [-0.1, -0.05) is 30.3 Å². The van der Waals surface area contributed by atoms with Crippen molar-refractivity contribution in [1.29, 1.82) is 0 Å². The molecular weight excluding hydrogens is 288 g/mol. The van der Waals surface area contributed by atoms with Crippen LogP contribution in [0.1, 0.15) is 19.4 Å². The summed E-state index contributed by atoms with van der Waals surface area (Å²) in [6.07, 6.45) is -3.77. The Morgan fingerprint density at radius 2 is 1.95 bits per heavy atom. The number of aliphatic hydroxyl groups is 1. The van der Waals surface area contributed by atoms with Crippen molar-refractivity contribution in [1.82, 2.24) is 0 Å². The molecule has 1 saturated heterocycles. The normalized spacial score (nSPS) is 31.7. The zero-order chi connectivity index (χ0) is 16.1. The van der Waals surface area contributed by atoms with Crippen LogP contribution >= 0.6 is 0 Å². The summed E-state index contributed by atoms with van der Waals surface area (Å²) in [5.74, 6) is -0.508. The first-order chi connectivity index (χ1) is 10.5. The third-order valence-electron chi connectivity index (χ3n) is 3.57. The molecule has 0 radical (unpaired) electrons. The Bertz CT molecular complexity index is 477. The van der Waals surface area contributed by atoms with Gasteiger partial charge in [-0.3, -0.25) is 4.79 Å². The average molecular weight is 310 g/mol. The maximum Gasteiger partial charge on any atom is 0.303 e. The number of benzene rings is 1. The van der Waals surface area contributed by atoms with Crippen molar-refractivity contribution in [2.75, 3.05) is 7.11 Å². The molecule has 0 aliphatic carbocycles. The highest BCUT2D eigenvalue weighted by Crippen LogP contribution is 2.26. The number of ether oxygens (including phenoxy) is 4. The predicted octanol–water partition coefficient (Wildman–Crippen LogP) is 1.26. The molecule has 1 aromatic rings. The number of methoxy groups -OCH3 is 1. The molecule has 2 rings (SSSR count). The smallest absolute Gasteiger partial charge is 0.303 e. The molecule has 0 unspecified atom stereocenters. The van der Waals surface area contributed by atoms with Gasteiger partial charge in [-0.15, -0.1) is 0 Å². The van der Waals surface area contributed by atoms with Crippen LogP contribution in [0.2, 0.25) is 0 Å². The van der Waals surface area contributed by atoms with Crippen LogP contribution in [0.3, 0.4) is 0 Å². The van der Waals surface area contributed by atoms with Crippen molar-refractivity contribution in [3.8, 4) is 0 Å². The largest absolute Gasteiger partial charge is 0.454 e. The van der Waals surface area contributed by atoms with Crippen LogP contribution in [-0.4, -0.2) is 48.9 Å². The van der Waals surface area contributed by atoms with Gasteiger partial charge in [0.15, 0.2) is 12.4 Å². The van der Waals surface area contributed by atoms with Gasteiger partial charge in [0.1, 0.15) is 12.2 Å². The van der Waals surface area contributed by atoms with Crippen molar-refractivity contribution >= 4 is 5.97 Å². The van der Waals surface area contributed by atoms with Crippen LogP contribution in [0.4, 0.5) is 0 Å². The Labute approximate surface area is 129 Å². The van der Waals surface area contributed by atoms with E-state index in [9.17, 15) is 9.90 Å². The van der Waals surface area contributed by atoms with Gasteiger partial charge in [0.25, 0.3) is 0 Å². The predicted molar refractivity (Wildman–Crippen MR) is 77.9 cm³/mol. The Morgan fingerprint density at radius 3 is 2.55 bits per heavy atom. The highest BCUT2D eigenvalue weighted by atomic mass is 16.7. The first-order valence-electron chi connectivity index (χ1n) is 7.22. The number of hydrogen-bond acceptors (Lipinski definition) is 6. The molecular formula is C16H22O6. The third kappa shape index (κ3) is 4.04. The molecule has 1 N–H and O–H groups in total. The van der Waals surface area contributed by atoms with E-state index in [0.717, 1.165) is 5.56 Å². The maximum absolute atomic E-state index is 11.2. The third-order valence-corrected chi connectivity index (χ3v) is 3.57. The number of carbonyl (C=O) groups is 1. The standard InChI is InChI=1S/C16H22O6/c1-10-14(20-9-12-7-5-4-6-8-12)13(18)15(22-11(2)17)16(19-3)21-10/h4-8,10,13-16,18H,9H2,1-3H3/t10-,13+,14-,15+,16+/m0/s1. The molecule has 6 heteroatoms. The summed E-state index contributed by atoms with van der Waals surface area (Å²) in [4.78, 5) is 11.2. The van der Waals surface area contributed by atoms with E-state index in [4.69, 9.17) is 18.9 Å². The molecule has 1 aromatic carbocycles. The van der Waals surface area contributed by atoms with Gasteiger partial charge in [-0.2, -0.15) is 0 Å². The van der Waals surface area contributed by atoms with E-state index in [1.165, 1.54) is 14.0 Å². The van der Waals surface area contributed by atoms with Crippen molar-refractivity contribution in [3.05, 3.63) is 35.9 Å². The minimum absolute atomic E-state index is 0.334. The van der Waals surface area contributed by atoms with E-state index >= 15 is 0 Å². The van der Waals surface area contributed by atoms with Crippen molar-refractivity contribution in [2.24, 2.45) is 0 Å². The first kappa shape index (κ1) is 16.9. The quantitative estimate of drug-likeness (QED) is 0.825. The molecule has 22 heavy (non-hydrogen) atoms. The minimum atomic E-state index is -1.03. The van der Waals surface area contributed by atoms with Gasteiger partial charge in [0, 0.05) is 14.0 Å². The fourth-order valence-electron chi connectivity index (χ4n) is 2.50. The summed E-state index contributed by atoms with van der Waals surface area (Å²) in [5.41, 5.74) is 0.986. The van der Waals surface area contributed by atoms with Gasteiger partial charge in [-0.25, -0.2) is 0 Å². The fourth-order valence-corrected chi connectivity index (χ4v) is 2.50. The lowest BCUT2D eigenvalue weighted by atomic mass is 9.99. The summed E-state index contributed by atoms with van der Waals surface area (Å²) in [5, 5.41) is 10.5. The van der Waals surface area contributed by atoms with Crippen molar-refractivity contribution < 1.29 is 28.8 Å². The second kappa shape index (κ2) is 7.69. The Balaban J connectivity index is 2.04. The van der Waals surface area contributed by atoms with Crippen molar-refractivity contribution in [3.63, 3.8) is 0 Å². The van der Waals surface area contributed by atoms with Crippen LogP contribution in [0.5, 0.6) is 0 Å². The maximum atomic E-state index is 11.2. The average Bonchev–Trinajstić information content (AvgIpc) is 2.50. The van der Waals surface area contributed by atoms with Gasteiger partial charge in [0.2, 0.25) is 0 Å². The Kier molecular flexibility index (Phi) is 5.90. The molecule has 122 valence electrons. The highest BCUT2D eigenvalue weighted by molar-refractivity contribution is 5.66. The molecule has 1 heterocycles.